The number of rotatable bonds is 5. The summed E-state index contributed by atoms with van der Waals surface area (Å²) in [5.74, 6) is 0.197. The van der Waals surface area contributed by atoms with Crippen LogP contribution in [0, 0.1) is 5.82 Å². The van der Waals surface area contributed by atoms with Crippen LogP contribution in [-0.2, 0) is 9.47 Å². The second-order valence-electron chi connectivity index (χ2n) is 6.03. The quantitative estimate of drug-likeness (QED) is 0.637. The number of ether oxygens (including phenoxy) is 4. The molecule has 2 aromatic rings. The van der Waals surface area contributed by atoms with E-state index in [1.54, 1.807) is 30.3 Å². The van der Waals surface area contributed by atoms with Crippen LogP contribution in [0.25, 0.3) is 0 Å². The molecule has 9 heteroatoms. The zero-order chi connectivity index (χ0) is 20.1. The highest BCUT2D eigenvalue weighted by molar-refractivity contribution is 7.79. The van der Waals surface area contributed by atoms with Gasteiger partial charge in [0.05, 0.1) is 6.61 Å². The Balaban J connectivity index is 1.69. The van der Waals surface area contributed by atoms with Gasteiger partial charge in [0.2, 0.25) is 6.29 Å². The zero-order valence-electron chi connectivity index (χ0n) is 14.6. The van der Waals surface area contributed by atoms with Crippen LogP contribution in [-0.4, -0.2) is 57.9 Å². The standard InChI is InChI=1S/C19H19FO7S/c20-11-6-8-13(9-7-11)25-19(28)27-17-15(22)14(10-21)26-18(16(17)23)24-12-4-2-1-3-5-12/h1-9,14-18,21-23H,10H2/t14-,15+,16-,17+,18-/m1/s1. The lowest BCUT2D eigenvalue weighted by molar-refractivity contribution is -0.275. The summed E-state index contributed by atoms with van der Waals surface area (Å²) >= 11 is 4.99. The second kappa shape index (κ2) is 9.26. The Morgan fingerprint density at radius 1 is 1.00 bits per heavy atom. The van der Waals surface area contributed by atoms with Gasteiger partial charge in [-0.1, -0.05) is 18.2 Å². The van der Waals surface area contributed by atoms with Crippen LogP contribution in [0.1, 0.15) is 0 Å². The number of para-hydroxylation sites is 1. The topological polar surface area (TPSA) is 97.6 Å². The van der Waals surface area contributed by atoms with Gasteiger partial charge in [0.1, 0.15) is 29.5 Å². The van der Waals surface area contributed by atoms with E-state index in [1.807, 2.05) is 0 Å². The van der Waals surface area contributed by atoms with Gasteiger partial charge in [-0.15, -0.1) is 0 Å². The minimum absolute atomic E-state index is 0.221. The Labute approximate surface area is 165 Å². The predicted octanol–water partition coefficient (Wildman–Crippen LogP) is 1.39. The van der Waals surface area contributed by atoms with E-state index in [0.29, 0.717) is 5.75 Å². The lowest BCUT2D eigenvalue weighted by atomic mass is 9.99. The van der Waals surface area contributed by atoms with Crippen LogP contribution >= 0.6 is 12.2 Å². The number of benzene rings is 2. The third kappa shape index (κ3) is 4.94. The molecule has 150 valence electrons. The Bertz CT molecular complexity index is 774. The third-order valence-corrected chi connectivity index (χ3v) is 4.24. The molecule has 7 nitrogen and oxygen atoms in total. The molecule has 0 bridgehead atoms. The van der Waals surface area contributed by atoms with Crippen molar-refractivity contribution in [3.8, 4) is 11.5 Å². The Hall–Kier alpha value is -2.30. The van der Waals surface area contributed by atoms with Crippen molar-refractivity contribution in [3.63, 3.8) is 0 Å². The molecule has 1 fully saturated rings. The van der Waals surface area contributed by atoms with E-state index in [4.69, 9.17) is 31.2 Å². The minimum Gasteiger partial charge on any atom is -0.462 e. The molecular formula is C19H19FO7S. The first-order chi connectivity index (χ1) is 13.5. The zero-order valence-corrected chi connectivity index (χ0v) is 15.4. The summed E-state index contributed by atoms with van der Waals surface area (Å²) in [6.45, 7) is -0.534. The molecular weight excluding hydrogens is 391 g/mol. The molecule has 28 heavy (non-hydrogen) atoms. The maximum atomic E-state index is 13.0. The van der Waals surface area contributed by atoms with E-state index >= 15 is 0 Å². The van der Waals surface area contributed by atoms with Crippen molar-refractivity contribution in [2.45, 2.75) is 30.7 Å². The predicted molar refractivity (Wildman–Crippen MR) is 99.3 cm³/mol. The van der Waals surface area contributed by atoms with Crippen molar-refractivity contribution in [1.29, 1.82) is 0 Å². The number of thiocarbonyl (C=S) groups is 1. The fourth-order valence-corrected chi connectivity index (χ4v) is 2.86. The summed E-state index contributed by atoms with van der Waals surface area (Å²) in [4.78, 5) is 0. The molecule has 0 unspecified atom stereocenters. The highest BCUT2D eigenvalue weighted by Gasteiger charge is 2.47. The lowest BCUT2D eigenvalue weighted by Crippen LogP contribution is -2.61. The average molecular weight is 410 g/mol. The molecule has 1 saturated heterocycles. The monoisotopic (exact) mass is 410 g/mol. The fraction of sp³-hybridized carbons (Fsp3) is 0.316. The van der Waals surface area contributed by atoms with Crippen molar-refractivity contribution in [1.82, 2.24) is 0 Å². The molecule has 3 N–H and O–H groups in total. The van der Waals surface area contributed by atoms with Crippen molar-refractivity contribution in [2.24, 2.45) is 0 Å². The first-order valence-corrected chi connectivity index (χ1v) is 8.87. The van der Waals surface area contributed by atoms with Crippen LogP contribution in [0.4, 0.5) is 4.39 Å². The van der Waals surface area contributed by atoms with Crippen LogP contribution in [0.3, 0.4) is 0 Å². The molecule has 2 aromatic carbocycles. The lowest BCUT2D eigenvalue weighted by Gasteiger charge is -2.41. The van der Waals surface area contributed by atoms with Gasteiger partial charge in [-0.05, 0) is 36.4 Å². The second-order valence-corrected chi connectivity index (χ2v) is 6.36. The van der Waals surface area contributed by atoms with Gasteiger partial charge < -0.3 is 34.3 Å². The van der Waals surface area contributed by atoms with Gasteiger partial charge in [0, 0.05) is 12.2 Å². The maximum Gasteiger partial charge on any atom is 0.358 e. The van der Waals surface area contributed by atoms with Crippen LogP contribution in [0.15, 0.2) is 54.6 Å². The number of aliphatic hydroxyl groups is 3. The van der Waals surface area contributed by atoms with E-state index in [9.17, 15) is 19.7 Å². The van der Waals surface area contributed by atoms with Gasteiger partial charge in [-0.3, -0.25) is 0 Å². The Morgan fingerprint density at radius 3 is 2.32 bits per heavy atom. The molecule has 0 aromatic heterocycles. The molecule has 1 aliphatic heterocycles. The molecule has 1 aliphatic rings. The Morgan fingerprint density at radius 2 is 1.68 bits per heavy atom. The number of halogens is 1. The SMILES string of the molecule is OC[C@H]1O[C@@H](Oc2ccccc2)[C@H](O)[C@@H](OC(=S)Oc2ccc(F)cc2)[C@H]1O. The molecule has 0 aliphatic carbocycles. The smallest absolute Gasteiger partial charge is 0.358 e. The molecule has 1 heterocycles. The fourth-order valence-electron chi connectivity index (χ4n) is 2.66. The molecule has 0 spiro atoms. The summed E-state index contributed by atoms with van der Waals surface area (Å²) < 4.78 is 34.6. The molecule has 3 rings (SSSR count). The van der Waals surface area contributed by atoms with E-state index in [1.165, 1.54) is 24.3 Å². The minimum atomic E-state index is -1.44. The normalized spacial score (nSPS) is 27.1. The van der Waals surface area contributed by atoms with Crippen molar-refractivity contribution in [3.05, 3.63) is 60.4 Å². The van der Waals surface area contributed by atoms with Gasteiger partial charge >= 0.3 is 5.24 Å². The van der Waals surface area contributed by atoms with E-state index in [-0.39, 0.29) is 5.75 Å². The summed E-state index contributed by atoms with van der Waals surface area (Å²) in [5, 5.41) is 30.0. The number of hydrogen-bond donors (Lipinski definition) is 3. The summed E-state index contributed by atoms with van der Waals surface area (Å²) in [6, 6.07) is 13.6. The first kappa shape index (κ1) is 20.4. The van der Waals surface area contributed by atoms with Crippen molar-refractivity contribution >= 4 is 17.5 Å². The van der Waals surface area contributed by atoms with E-state index in [0.717, 1.165) is 0 Å². The molecule has 0 saturated carbocycles. The first-order valence-electron chi connectivity index (χ1n) is 8.46. The Kier molecular flexibility index (Phi) is 6.76. The average Bonchev–Trinajstić information content (AvgIpc) is 2.70. The van der Waals surface area contributed by atoms with Crippen molar-refractivity contribution < 1.29 is 38.7 Å². The van der Waals surface area contributed by atoms with Gasteiger partial charge in [0.25, 0.3) is 0 Å². The van der Waals surface area contributed by atoms with Gasteiger partial charge in [0.15, 0.2) is 12.2 Å². The van der Waals surface area contributed by atoms with Crippen LogP contribution in [0.2, 0.25) is 0 Å². The van der Waals surface area contributed by atoms with Gasteiger partial charge in [-0.2, -0.15) is 0 Å². The largest absolute Gasteiger partial charge is 0.462 e. The highest BCUT2D eigenvalue weighted by Crippen LogP contribution is 2.26. The molecule has 0 amide bonds. The summed E-state index contributed by atoms with van der Waals surface area (Å²) in [7, 11) is 0. The van der Waals surface area contributed by atoms with Crippen LogP contribution in [0.5, 0.6) is 11.5 Å². The van der Waals surface area contributed by atoms with E-state index in [2.05, 4.69) is 0 Å². The molecule has 0 radical (unpaired) electrons. The molecule has 5 atom stereocenters. The summed E-state index contributed by atoms with van der Waals surface area (Å²) in [6.07, 6.45) is -6.41. The number of hydrogen-bond acceptors (Lipinski definition) is 8. The van der Waals surface area contributed by atoms with Gasteiger partial charge in [-0.25, -0.2) is 4.39 Å². The third-order valence-electron chi connectivity index (χ3n) is 4.06. The van der Waals surface area contributed by atoms with E-state index < -0.39 is 48.4 Å². The van der Waals surface area contributed by atoms with Crippen LogP contribution < -0.4 is 9.47 Å². The maximum absolute atomic E-state index is 13.0. The summed E-state index contributed by atoms with van der Waals surface area (Å²) in [5.41, 5.74) is 0. The highest BCUT2D eigenvalue weighted by atomic mass is 32.1. The number of aliphatic hydroxyl groups excluding tert-OH is 3. The van der Waals surface area contributed by atoms with Crippen molar-refractivity contribution in [2.75, 3.05) is 6.61 Å².